The molecular weight excluding hydrogens is 246 g/mol. The van der Waals surface area contributed by atoms with E-state index in [9.17, 15) is 0 Å². The SMILES string of the molecule is Cc1nc(NCC#N)cc(NCc2cccs2)n1. The van der Waals surface area contributed by atoms with Crippen LogP contribution in [0.1, 0.15) is 10.7 Å². The minimum atomic E-state index is 0.237. The molecule has 0 aliphatic carbocycles. The van der Waals surface area contributed by atoms with Gasteiger partial charge in [0.1, 0.15) is 24.0 Å². The molecule has 2 aromatic rings. The zero-order valence-electron chi connectivity index (χ0n) is 9.97. The van der Waals surface area contributed by atoms with E-state index in [2.05, 4.69) is 26.7 Å². The lowest BCUT2D eigenvalue weighted by Gasteiger charge is -2.07. The first-order chi connectivity index (χ1) is 8.78. The molecule has 2 rings (SSSR count). The molecule has 5 nitrogen and oxygen atoms in total. The van der Waals surface area contributed by atoms with E-state index in [0.717, 1.165) is 12.4 Å². The number of hydrogen-bond donors (Lipinski definition) is 2. The maximum absolute atomic E-state index is 8.52. The summed E-state index contributed by atoms with van der Waals surface area (Å²) in [5.74, 6) is 2.10. The van der Waals surface area contributed by atoms with E-state index in [-0.39, 0.29) is 6.54 Å². The highest BCUT2D eigenvalue weighted by molar-refractivity contribution is 7.09. The fourth-order valence-corrected chi connectivity index (χ4v) is 2.11. The summed E-state index contributed by atoms with van der Waals surface area (Å²) in [6.07, 6.45) is 0. The number of hydrogen-bond acceptors (Lipinski definition) is 6. The van der Waals surface area contributed by atoms with Crippen LogP contribution in [0.25, 0.3) is 0 Å². The lowest BCUT2D eigenvalue weighted by molar-refractivity contribution is 1.02. The fraction of sp³-hybridized carbons (Fsp3) is 0.250. The number of thiophene rings is 1. The Kier molecular flexibility index (Phi) is 4.10. The Bertz CT molecular complexity index is 544. The van der Waals surface area contributed by atoms with Crippen molar-refractivity contribution in [3.63, 3.8) is 0 Å². The number of rotatable bonds is 5. The van der Waals surface area contributed by atoms with Crippen LogP contribution in [0.3, 0.4) is 0 Å². The Morgan fingerprint density at radius 2 is 2.11 bits per heavy atom. The van der Waals surface area contributed by atoms with Gasteiger partial charge in [0, 0.05) is 10.9 Å². The van der Waals surface area contributed by atoms with E-state index in [1.54, 1.807) is 17.4 Å². The average molecular weight is 259 g/mol. The molecule has 0 aliphatic rings. The second-order valence-electron chi connectivity index (χ2n) is 3.63. The predicted molar refractivity (Wildman–Crippen MR) is 72.5 cm³/mol. The van der Waals surface area contributed by atoms with Gasteiger partial charge in [-0.1, -0.05) is 6.07 Å². The lowest BCUT2D eigenvalue weighted by Crippen LogP contribution is -2.06. The molecular formula is C12H13N5S. The Morgan fingerprint density at radius 3 is 2.78 bits per heavy atom. The molecule has 6 heteroatoms. The van der Waals surface area contributed by atoms with Crippen molar-refractivity contribution in [3.05, 3.63) is 34.3 Å². The van der Waals surface area contributed by atoms with Gasteiger partial charge in [-0.05, 0) is 18.4 Å². The Labute approximate surface area is 110 Å². The zero-order chi connectivity index (χ0) is 12.8. The molecule has 92 valence electrons. The number of anilines is 2. The van der Waals surface area contributed by atoms with E-state index >= 15 is 0 Å². The number of nitrogens with zero attached hydrogens (tertiary/aromatic N) is 3. The van der Waals surface area contributed by atoms with Crippen LogP contribution in [0.4, 0.5) is 11.6 Å². The molecule has 2 aromatic heterocycles. The van der Waals surface area contributed by atoms with Crippen molar-refractivity contribution in [2.24, 2.45) is 0 Å². The monoisotopic (exact) mass is 259 g/mol. The Hall–Kier alpha value is -2.13. The predicted octanol–water partition coefficient (Wildman–Crippen LogP) is 2.39. The van der Waals surface area contributed by atoms with Gasteiger partial charge >= 0.3 is 0 Å². The molecule has 0 aliphatic heterocycles. The largest absolute Gasteiger partial charge is 0.365 e. The third-order valence-electron chi connectivity index (χ3n) is 2.21. The van der Waals surface area contributed by atoms with E-state index in [1.165, 1.54) is 4.88 Å². The Morgan fingerprint density at radius 1 is 1.33 bits per heavy atom. The molecule has 0 saturated carbocycles. The second-order valence-corrected chi connectivity index (χ2v) is 4.66. The van der Waals surface area contributed by atoms with Gasteiger partial charge in [-0.2, -0.15) is 5.26 Å². The topological polar surface area (TPSA) is 73.6 Å². The summed E-state index contributed by atoms with van der Waals surface area (Å²) in [5.41, 5.74) is 0. The summed E-state index contributed by atoms with van der Waals surface area (Å²) in [7, 11) is 0. The first-order valence-electron chi connectivity index (χ1n) is 5.50. The van der Waals surface area contributed by atoms with Crippen LogP contribution in [-0.2, 0) is 6.54 Å². The fourth-order valence-electron chi connectivity index (χ4n) is 1.47. The van der Waals surface area contributed by atoms with Crippen LogP contribution in [0, 0.1) is 18.3 Å². The lowest BCUT2D eigenvalue weighted by atomic mass is 10.4. The second kappa shape index (κ2) is 5.98. The van der Waals surface area contributed by atoms with Crippen LogP contribution >= 0.6 is 11.3 Å². The molecule has 0 saturated heterocycles. The van der Waals surface area contributed by atoms with Gasteiger partial charge in [-0.3, -0.25) is 0 Å². The highest BCUT2D eigenvalue weighted by Crippen LogP contribution is 2.14. The summed E-state index contributed by atoms with van der Waals surface area (Å²) >= 11 is 1.70. The third-order valence-corrected chi connectivity index (χ3v) is 3.09. The number of nitriles is 1. The smallest absolute Gasteiger partial charge is 0.132 e. The van der Waals surface area contributed by atoms with Gasteiger partial charge in [0.2, 0.25) is 0 Å². The molecule has 0 bridgehead atoms. The van der Waals surface area contributed by atoms with Crippen LogP contribution in [-0.4, -0.2) is 16.5 Å². The number of aromatic nitrogens is 2. The minimum Gasteiger partial charge on any atom is -0.365 e. The van der Waals surface area contributed by atoms with E-state index < -0.39 is 0 Å². The first kappa shape index (κ1) is 12.3. The highest BCUT2D eigenvalue weighted by atomic mass is 32.1. The number of aryl methyl sites for hydroxylation is 1. The molecule has 0 fully saturated rings. The minimum absolute atomic E-state index is 0.237. The summed E-state index contributed by atoms with van der Waals surface area (Å²) in [6.45, 7) is 2.81. The van der Waals surface area contributed by atoms with Gasteiger partial charge in [0.05, 0.1) is 12.6 Å². The van der Waals surface area contributed by atoms with E-state index in [4.69, 9.17) is 5.26 Å². The third kappa shape index (κ3) is 3.43. The van der Waals surface area contributed by atoms with Gasteiger partial charge < -0.3 is 10.6 Å². The van der Waals surface area contributed by atoms with Crippen LogP contribution in [0.5, 0.6) is 0 Å². The van der Waals surface area contributed by atoms with Gasteiger partial charge in [-0.15, -0.1) is 11.3 Å². The van der Waals surface area contributed by atoms with Gasteiger partial charge in [0.25, 0.3) is 0 Å². The first-order valence-corrected chi connectivity index (χ1v) is 6.38. The molecule has 0 unspecified atom stereocenters. The van der Waals surface area contributed by atoms with E-state index in [1.807, 2.05) is 24.4 Å². The highest BCUT2D eigenvalue weighted by Gasteiger charge is 2.01. The summed E-state index contributed by atoms with van der Waals surface area (Å²) in [4.78, 5) is 9.75. The molecule has 2 heterocycles. The average Bonchev–Trinajstić information content (AvgIpc) is 2.86. The zero-order valence-corrected chi connectivity index (χ0v) is 10.8. The summed E-state index contributed by atoms with van der Waals surface area (Å²) in [5, 5.41) is 16.7. The molecule has 0 atom stereocenters. The van der Waals surface area contributed by atoms with E-state index in [0.29, 0.717) is 11.6 Å². The van der Waals surface area contributed by atoms with Crippen molar-refractivity contribution >= 4 is 23.0 Å². The molecule has 0 radical (unpaired) electrons. The normalized spacial score (nSPS) is 9.78. The summed E-state index contributed by atoms with van der Waals surface area (Å²) in [6, 6.07) is 7.91. The maximum atomic E-state index is 8.52. The molecule has 2 N–H and O–H groups in total. The van der Waals surface area contributed by atoms with Gasteiger partial charge in [-0.25, -0.2) is 9.97 Å². The number of nitrogens with one attached hydrogen (secondary N) is 2. The quantitative estimate of drug-likeness (QED) is 0.806. The van der Waals surface area contributed by atoms with Gasteiger partial charge in [0.15, 0.2) is 0 Å². The van der Waals surface area contributed by atoms with Crippen molar-refractivity contribution in [2.45, 2.75) is 13.5 Å². The summed E-state index contributed by atoms with van der Waals surface area (Å²) < 4.78 is 0. The maximum Gasteiger partial charge on any atom is 0.132 e. The van der Waals surface area contributed by atoms with Crippen LogP contribution in [0.2, 0.25) is 0 Å². The molecule has 18 heavy (non-hydrogen) atoms. The van der Waals surface area contributed by atoms with Crippen LogP contribution < -0.4 is 10.6 Å². The van der Waals surface area contributed by atoms with Crippen molar-refractivity contribution in [1.29, 1.82) is 5.26 Å². The molecule has 0 spiro atoms. The van der Waals surface area contributed by atoms with Crippen LogP contribution in [0.15, 0.2) is 23.6 Å². The van der Waals surface area contributed by atoms with Crippen molar-refractivity contribution < 1.29 is 0 Å². The standard InChI is InChI=1S/C12H13N5S/c1-9-16-11(14-5-4-13)7-12(17-9)15-8-10-3-2-6-18-10/h2-3,6-7H,5,8H2,1H3,(H2,14,15,16,17). The molecule has 0 aromatic carbocycles. The van der Waals surface area contributed by atoms with Crippen molar-refractivity contribution in [2.75, 3.05) is 17.2 Å². The Balaban J connectivity index is 2.03. The van der Waals surface area contributed by atoms with Crippen molar-refractivity contribution in [1.82, 2.24) is 9.97 Å². The van der Waals surface area contributed by atoms with Crippen molar-refractivity contribution in [3.8, 4) is 6.07 Å². The molecule has 0 amide bonds.